The number of phosphoric ester groups is 2. The number of carbonyl (C=O) groups is 4. The van der Waals surface area contributed by atoms with Crippen LogP contribution in [0.5, 0.6) is 0 Å². The van der Waals surface area contributed by atoms with E-state index in [2.05, 4.69) is 65.8 Å². The summed E-state index contributed by atoms with van der Waals surface area (Å²) >= 11 is 0. The van der Waals surface area contributed by atoms with Crippen molar-refractivity contribution in [1.29, 1.82) is 0 Å². The second-order valence-corrected chi connectivity index (χ2v) is 27.6. The largest absolute Gasteiger partial charge is 0.472 e. The second-order valence-electron chi connectivity index (χ2n) is 24.7. The minimum Gasteiger partial charge on any atom is -0.462 e. The van der Waals surface area contributed by atoms with Crippen LogP contribution in [-0.4, -0.2) is 96.7 Å². The Labute approximate surface area is 535 Å². The Morgan fingerprint density at radius 1 is 0.364 bits per heavy atom. The molecule has 0 amide bonds. The van der Waals surface area contributed by atoms with Gasteiger partial charge in [-0.3, -0.25) is 37.3 Å². The Morgan fingerprint density at radius 3 is 0.966 bits per heavy atom. The zero-order valence-electron chi connectivity index (χ0n) is 56.5. The lowest BCUT2D eigenvalue weighted by atomic mass is 9.99. The van der Waals surface area contributed by atoms with Crippen molar-refractivity contribution < 1.29 is 80.2 Å². The van der Waals surface area contributed by atoms with E-state index in [1.807, 2.05) is 0 Å². The van der Waals surface area contributed by atoms with Crippen molar-refractivity contribution in [3.8, 4) is 0 Å². The van der Waals surface area contributed by atoms with Crippen LogP contribution in [-0.2, 0) is 65.4 Å². The molecule has 3 N–H and O–H groups in total. The first-order valence-electron chi connectivity index (χ1n) is 35.4. The normalized spacial score (nSPS) is 15.0. The van der Waals surface area contributed by atoms with E-state index in [9.17, 15) is 43.2 Å². The molecule has 0 rings (SSSR count). The predicted molar refractivity (Wildman–Crippen MR) is 354 cm³/mol. The summed E-state index contributed by atoms with van der Waals surface area (Å²) in [5.41, 5.74) is 0. The van der Waals surface area contributed by atoms with Crippen molar-refractivity contribution >= 4 is 39.5 Å². The summed E-state index contributed by atoms with van der Waals surface area (Å²) in [4.78, 5) is 72.3. The van der Waals surface area contributed by atoms with Gasteiger partial charge in [0.15, 0.2) is 12.2 Å². The number of carbonyl (C=O) groups excluding carboxylic acids is 4. The van der Waals surface area contributed by atoms with Gasteiger partial charge in [-0.2, -0.15) is 0 Å². The Morgan fingerprint density at radius 2 is 0.636 bits per heavy atom. The maximum Gasteiger partial charge on any atom is 0.472 e. The zero-order valence-corrected chi connectivity index (χ0v) is 58.3. The van der Waals surface area contributed by atoms with Crippen LogP contribution in [0.1, 0.15) is 324 Å². The van der Waals surface area contributed by atoms with Gasteiger partial charge < -0.3 is 33.8 Å². The Hall–Kier alpha value is -2.46. The number of ether oxygens (including phenoxy) is 4. The van der Waals surface area contributed by atoms with Gasteiger partial charge in [0.1, 0.15) is 19.3 Å². The summed E-state index contributed by atoms with van der Waals surface area (Å²) in [5.74, 6) is -0.587. The predicted octanol–water partition coefficient (Wildman–Crippen LogP) is 19.2. The average Bonchev–Trinajstić information content (AvgIpc) is 3.72. The number of rotatable bonds is 66. The number of phosphoric acid groups is 2. The SMILES string of the molecule is CCCCCC/C=C\C=C/CCCCCCCC(=O)O[C@H](COC(=O)CCCCCCCCCCCCC(C)CC)COP(=O)(O)OC[C@@H](O)COP(=O)(O)OC[C@@H](COC(=O)CCCCCCCCC)OC(=O)CCCCCCCCCCC(C)CC. The molecular weight excluding hydrogens is 1160 g/mol. The topological polar surface area (TPSA) is 237 Å². The van der Waals surface area contributed by atoms with Gasteiger partial charge in [-0.25, -0.2) is 9.13 Å². The van der Waals surface area contributed by atoms with Crippen molar-refractivity contribution in [3.05, 3.63) is 24.3 Å². The number of esters is 4. The van der Waals surface area contributed by atoms with Gasteiger partial charge in [0, 0.05) is 25.7 Å². The third-order valence-corrected chi connectivity index (χ3v) is 18.0. The minimum absolute atomic E-state index is 0.0846. The van der Waals surface area contributed by atoms with E-state index in [0.29, 0.717) is 25.7 Å². The zero-order chi connectivity index (χ0) is 65.0. The molecule has 0 heterocycles. The van der Waals surface area contributed by atoms with Crippen molar-refractivity contribution in [2.75, 3.05) is 39.6 Å². The highest BCUT2D eigenvalue weighted by Gasteiger charge is 2.30. The van der Waals surface area contributed by atoms with Crippen molar-refractivity contribution in [2.45, 2.75) is 342 Å². The number of hydrogen-bond donors (Lipinski definition) is 3. The van der Waals surface area contributed by atoms with Gasteiger partial charge in [0.25, 0.3) is 0 Å². The van der Waals surface area contributed by atoms with E-state index in [4.69, 9.17) is 37.0 Å². The minimum atomic E-state index is -4.96. The van der Waals surface area contributed by atoms with Crippen LogP contribution < -0.4 is 0 Å². The summed E-state index contributed by atoms with van der Waals surface area (Å²) < 4.78 is 68.1. The molecule has 0 saturated heterocycles. The first-order chi connectivity index (χ1) is 42.4. The number of unbranched alkanes of at least 4 members (excludes halogenated alkanes) is 31. The summed E-state index contributed by atoms with van der Waals surface area (Å²) in [6.45, 7) is 9.45. The fraction of sp³-hybridized carbons (Fsp3) is 0.884. The number of aliphatic hydroxyl groups is 1. The molecule has 0 spiro atoms. The van der Waals surface area contributed by atoms with Crippen molar-refractivity contribution in [2.24, 2.45) is 11.8 Å². The third kappa shape index (κ3) is 59.8. The molecule has 518 valence electrons. The lowest BCUT2D eigenvalue weighted by molar-refractivity contribution is -0.161. The number of hydrogen-bond acceptors (Lipinski definition) is 15. The van der Waals surface area contributed by atoms with Gasteiger partial charge in [0.05, 0.1) is 26.4 Å². The smallest absolute Gasteiger partial charge is 0.462 e. The van der Waals surface area contributed by atoms with Crippen molar-refractivity contribution in [3.63, 3.8) is 0 Å². The van der Waals surface area contributed by atoms with Crippen LogP contribution in [0.2, 0.25) is 0 Å². The Balaban J connectivity index is 5.27. The molecule has 0 radical (unpaired) electrons. The molecule has 0 aromatic rings. The third-order valence-electron chi connectivity index (χ3n) is 16.1. The summed E-state index contributed by atoms with van der Waals surface area (Å²) in [6, 6.07) is 0. The van der Waals surface area contributed by atoms with Crippen LogP contribution in [0.3, 0.4) is 0 Å². The number of allylic oxidation sites excluding steroid dienone is 4. The molecule has 4 unspecified atom stereocenters. The Kier molecular flexibility index (Phi) is 59.1. The van der Waals surface area contributed by atoms with E-state index in [1.54, 1.807) is 0 Å². The van der Waals surface area contributed by atoms with Gasteiger partial charge in [0.2, 0.25) is 0 Å². The van der Waals surface area contributed by atoms with Gasteiger partial charge >= 0.3 is 39.5 Å². The molecule has 0 aliphatic heterocycles. The van der Waals surface area contributed by atoms with E-state index >= 15 is 0 Å². The quantitative estimate of drug-likeness (QED) is 0.0169. The van der Waals surface area contributed by atoms with E-state index in [-0.39, 0.29) is 25.7 Å². The van der Waals surface area contributed by atoms with Crippen LogP contribution in [0, 0.1) is 11.8 Å². The first-order valence-corrected chi connectivity index (χ1v) is 38.4. The molecule has 0 aromatic heterocycles. The summed E-state index contributed by atoms with van der Waals surface area (Å²) in [7, 11) is -9.91. The highest BCUT2D eigenvalue weighted by Crippen LogP contribution is 2.45. The maximum atomic E-state index is 13.0. The van der Waals surface area contributed by atoms with Crippen LogP contribution >= 0.6 is 15.6 Å². The molecule has 0 fully saturated rings. The molecule has 7 atom stereocenters. The fourth-order valence-corrected chi connectivity index (χ4v) is 11.4. The standard InChI is InChI=1S/C69H130O17P2/c1-7-11-13-15-17-18-19-20-21-22-23-28-35-41-47-53-68(73)85-65(58-80-67(72)52-46-40-34-27-25-24-26-32-37-43-49-61(5)9-3)60-84-88(77,78)82-56-63(70)55-81-87(75,76)83-59-64(57-79-66(71)51-45-39-31-16-14-12-8-2)86-69(74)54-48-42-36-30-29-33-38-44-50-62(6)10-4/h18-21,61-65,70H,7-17,22-60H2,1-6H3,(H,75,76)(H,77,78)/b19-18-,21-20-/t61?,62?,63-,64+,65+/m0/s1. The monoisotopic (exact) mass is 1290 g/mol. The molecule has 0 bridgehead atoms. The summed E-state index contributed by atoms with van der Waals surface area (Å²) in [6.07, 6.45) is 48.0. The lowest BCUT2D eigenvalue weighted by Gasteiger charge is -2.21. The van der Waals surface area contributed by atoms with Crippen molar-refractivity contribution in [1.82, 2.24) is 0 Å². The van der Waals surface area contributed by atoms with Crippen LogP contribution in [0.15, 0.2) is 24.3 Å². The molecule has 0 aromatic carbocycles. The molecular formula is C69H130O17P2. The van der Waals surface area contributed by atoms with E-state index in [1.165, 1.54) is 116 Å². The van der Waals surface area contributed by atoms with E-state index in [0.717, 1.165) is 127 Å². The molecule has 88 heavy (non-hydrogen) atoms. The van der Waals surface area contributed by atoms with Gasteiger partial charge in [-0.05, 0) is 63.2 Å². The molecule has 17 nitrogen and oxygen atoms in total. The highest BCUT2D eigenvalue weighted by molar-refractivity contribution is 7.47. The second kappa shape index (κ2) is 60.8. The number of aliphatic hydroxyl groups excluding tert-OH is 1. The average molecular weight is 1290 g/mol. The van der Waals surface area contributed by atoms with Gasteiger partial charge in [-0.1, -0.05) is 271 Å². The van der Waals surface area contributed by atoms with E-state index < -0.39 is 97.5 Å². The molecule has 0 saturated carbocycles. The molecule has 0 aliphatic carbocycles. The van der Waals surface area contributed by atoms with Crippen LogP contribution in [0.4, 0.5) is 0 Å². The molecule has 0 aliphatic rings. The highest BCUT2D eigenvalue weighted by atomic mass is 31.2. The maximum absolute atomic E-state index is 13.0. The molecule has 19 heteroatoms. The van der Waals surface area contributed by atoms with Gasteiger partial charge in [-0.15, -0.1) is 0 Å². The fourth-order valence-electron chi connectivity index (χ4n) is 9.81. The first kappa shape index (κ1) is 85.5. The Bertz CT molecular complexity index is 1810. The summed E-state index contributed by atoms with van der Waals surface area (Å²) in [5, 5.41) is 10.6. The lowest BCUT2D eigenvalue weighted by Crippen LogP contribution is -2.30. The van der Waals surface area contributed by atoms with Crippen LogP contribution in [0.25, 0.3) is 0 Å².